The quantitative estimate of drug-likeness (QED) is 0.579. The lowest BCUT2D eigenvalue weighted by Gasteiger charge is -2.23. The van der Waals surface area contributed by atoms with Gasteiger partial charge in [-0.05, 0) is 18.9 Å². The van der Waals surface area contributed by atoms with E-state index in [1.165, 1.54) is 4.31 Å². The van der Waals surface area contributed by atoms with Gasteiger partial charge < -0.3 is 11.5 Å². The molecule has 6 heteroatoms. The lowest BCUT2D eigenvalue weighted by atomic mass is 10.2. The Morgan fingerprint density at radius 3 is 2.35 bits per heavy atom. The Morgan fingerprint density at radius 2 is 1.88 bits per heavy atom. The summed E-state index contributed by atoms with van der Waals surface area (Å²) in [5.74, 6) is 0.322. The predicted octanol–water partition coefficient (Wildman–Crippen LogP) is 0.138. The van der Waals surface area contributed by atoms with E-state index in [9.17, 15) is 8.42 Å². The van der Waals surface area contributed by atoms with Gasteiger partial charge in [0.2, 0.25) is 10.0 Å². The van der Waals surface area contributed by atoms with Crippen LogP contribution in [-0.4, -0.2) is 44.7 Å². The number of nitrogens with two attached hydrogens (primary N) is 2. The van der Waals surface area contributed by atoms with Gasteiger partial charge in [0.15, 0.2) is 0 Å². The van der Waals surface area contributed by atoms with Gasteiger partial charge in [0, 0.05) is 19.6 Å². The average Bonchev–Trinajstić information content (AvgIpc) is 2.23. The van der Waals surface area contributed by atoms with Gasteiger partial charge in [-0.25, -0.2) is 12.7 Å². The van der Waals surface area contributed by atoms with E-state index in [0.29, 0.717) is 38.5 Å². The van der Waals surface area contributed by atoms with Crippen molar-refractivity contribution in [2.75, 3.05) is 31.9 Å². The second-order valence-corrected chi connectivity index (χ2v) is 6.39. The molecule has 5 nitrogen and oxygen atoms in total. The second kappa shape index (κ2) is 8.63. The summed E-state index contributed by atoms with van der Waals surface area (Å²) in [6, 6.07) is 0. The van der Waals surface area contributed by atoms with Crippen LogP contribution < -0.4 is 11.5 Å². The van der Waals surface area contributed by atoms with Gasteiger partial charge in [0.05, 0.1) is 5.75 Å². The highest BCUT2D eigenvalue weighted by molar-refractivity contribution is 7.89. The molecule has 0 aromatic carbocycles. The summed E-state index contributed by atoms with van der Waals surface area (Å²) >= 11 is 0. The van der Waals surface area contributed by atoms with Crippen molar-refractivity contribution in [2.45, 2.75) is 20.3 Å². The molecule has 0 spiro atoms. The molecule has 0 aliphatic carbocycles. The number of hydrogen-bond acceptors (Lipinski definition) is 4. The fourth-order valence-corrected chi connectivity index (χ4v) is 2.93. The van der Waals surface area contributed by atoms with Gasteiger partial charge >= 0.3 is 0 Å². The smallest absolute Gasteiger partial charge is 0.217 e. The fraction of sp³-hybridized carbons (Fsp3) is 0.818. The van der Waals surface area contributed by atoms with Gasteiger partial charge in [-0.3, -0.25) is 0 Å². The number of rotatable bonds is 9. The molecule has 0 aliphatic rings. The fourth-order valence-electron chi connectivity index (χ4n) is 1.41. The molecule has 0 aromatic rings. The van der Waals surface area contributed by atoms with Crippen molar-refractivity contribution in [1.29, 1.82) is 0 Å². The molecule has 0 aliphatic heterocycles. The molecule has 0 fully saturated rings. The Bertz CT molecular complexity index is 313. The maximum atomic E-state index is 12.0. The number of sulfonamides is 1. The van der Waals surface area contributed by atoms with Crippen LogP contribution in [0.5, 0.6) is 0 Å². The van der Waals surface area contributed by atoms with Crippen LogP contribution >= 0.6 is 0 Å². The Labute approximate surface area is 105 Å². The molecule has 0 heterocycles. The van der Waals surface area contributed by atoms with Crippen LogP contribution in [-0.2, 0) is 10.0 Å². The SMILES string of the molecule is CC(C)CN(CCCN)S(=O)(=O)C/C=C\CN. The first-order valence-corrected chi connectivity index (χ1v) is 7.58. The van der Waals surface area contributed by atoms with Gasteiger partial charge in [-0.2, -0.15) is 0 Å². The van der Waals surface area contributed by atoms with E-state index in [0.717, 1.165) is 0 Å². The normalized spacial score (nSPS) is 13.1. The topological polar surface area (TPSA) is 89.4 Å². The zero-order valence-electron chi connectivity index (χ0n) is 10.8. The molecule has 0 saturated carbocycles. The van der Waals surface area contributed by atoms with Crippen LogP contribution in [0.25, 0.3) is 0 Å². The average molecular weight is 263 g/mol. The van der Waals surface area contributed by atoms with Crippen LogP contribution in [0, 0.1) is 5.92 Å². The first kappa shape index (κ1) is 16.6. The summed E-state index contributed by atoms with van der Waals surface area (Å²) in [5.41, 5.74) is 10.7. The second-order valence-electron chi connectivity index (χ2n) is 4.38. The molecule has 102 valence electrons. The molecule has 0 aromatic heterocycles. The zero-order valence-corrected chi connectivity index (χ0v) is 11.6. The first-order chi connectivity index (χ1) is 7.94. The van der Waals surface area contributed by atoms with E-state index in [-0.39, 0.29) is 5.75 Å². The highest BCUT2D eigenvalue weighted by Crippen LogP contribution is 2.07. The Morgan fingerprint density at radius 1 is 1.24 bits per heavy atom. The molecule has 0 unspecified atom stereocenters. The van der Waals surface area contributed by atoms with Crippen molar-refractivity contribution >= 4 is 10.0 Å². The van der Waals surface area contributed by atoms with Crippen LogP contribution in [0.4, 0.5) is 0 Å². The Hall–Kier alpha value is -0.430. The molecular formula is C11H25N3O2S. The molecule has 0 rings (SSSR count). The van der Waals surface area contributed by atoms with Crippen molar-refractivity contribution in [2.24, 2.45) is 17.4 Å². The van der Waals surface area contributed by atoms with Crippen LogP contribution in [0.2, 0.25) is 0 Å². The van der Waals surface area contributed by atoms with Crippen LogP contribution in [0.15, 0.2) is 12.2 Å². The largest absolute Gasteiger partial charge is 0.330 e. The highest BCUT2D eigenvalue weighted by Gasteiger charge is 2.20. The number of hydrogen-bond donors (Lipinski definition) is 2. The van der Waals surface area contributed by atoms with Crippen molar-refractivity contribution in [3.8, 4) is 0 Å². The monoisotopic (exact) mass is 263 g/mol. The maximum absolute atomic E-state index is 12.0. The summed E-state index contributed by atoms with van der Waals surface area (Å²) in [7, 11) is -3.23. The van der Waals surface area contributed by atoms with Crippen LogP contribution in [0.1, 0.15) is 20.3 Å². The van der Waals surface area contributed by atoms with E-state index in [2.05, 4.69) is 0 Å². The maximum Gasteiger partial charge on any atom is 0.217 e. The van der Waals surface area contributed by atoms with Gasteiger partial charge in [0.1, 0.15) is 0 Å². The summed E-state index contributed by atoms with van der Waals surface area (Å²) < 4.78 is 25.6. The molecule has 0 bridgehead atoms. The summed E-state index contributed by atoms with van der Waals surface area (Å²) in [4.78, 5) is 0. The minimum atomic E-state index is -3.23. The molecule has 0 saturated heterocycles. The van der Waals surface area contributed by atoms with Gasteiger partial charge in [-0.1, -0.05) is 26.0 Å². The third kappa shape index (κ3) is 7.49. The van der Waals surface area contributed by atoms with E-state index < -0.39 is 10.0 Å². The zero-order chi connectivity index (χ0) is 13.3. The minimum Gasteiger partial charge on any atom is -0.330 e. The van der Waals surface area contributed by atoms with Gasteiger partial charge in [-0.15, -0.1) is 0 Å². The number of nitrogens with zero attached hydrogens (tertiary/aromatic N) is 1. The lowest BCUT2D eigenvalue weighted by Crippen LogP contribution is -2.37. The van der Waals surface area contributed by atoms with Crippen LogP contribution in [0.3, 0.4) is 0 Å². The van der Waals surface area contributed by atoms with E-state index in [1.54, 1.807) is 12.2 Å². The Balaban J connectivity index is 4.57. The van der Waals surface area contributed by atoms with E-state index in [1.807, 2.05) is 13.8 Å². The summed E-state index contributed by atoms with van der Waals surface area (Å²) in [6.07, 6.45) is 3.95. The van der Waals surface area contributed by atoms with Crippen molar-refractivity contribution in [3.05, 3.63) is 12.2 Å². The van der Waals surface area contributed by atoms with E-state index in [4.69, 9.17) is 11.5 Å². The molecule has 0 radical (unpaired) electrons. The summed E-state index contributed by atoms with van der Waals surface area (Å²) in [6.45, 7) is 5.90. The molecular weight excluding hydrogens is 238 g/mol. The molecule has 17 heavy (non-hydrogen) atoms. The standard InChI is InChI=1S/C11H25N3O2S/c1-11(2)10-14(8-5-7-13)17(15,16)9-4-3-6-12/h3-4,11H,5-10,12-13H2,1-2H3/b4-3-. The minimum absolute atomic E-state index is 0.0154. The molecule has 0 atom stereocenters. The van der Waals surface area contributed by atoms with Crippen molar-refractivity contribution < 1.29 is 8.42 Å². The third-order valence-corrected chi connectivity index (χ3v) is 3.92. The van der Waals surface area contributed by atoms with Crippen molar-refractivity contribution in [3.63, 3.8) is 0 Å². The summed E-state index contributed by atoms with van der Waals surface area (Å²) in [5, 5.41) is 0. The third-order valence-electron chi connectivity index (χ3n) is 2.18. The van der Waals surface area contributed by atoms with E-state index >= 15 is 0 Å². The van der Waals surface area contributed by atoms with Gasteiger partial charge in [0.25, 0.3) is 0 Å². The molecule has 4 N–H and O–H groups in total. The predicted molar refractivity (Wildman–Crippen MR) is 72.1 cm³/mol. The molecule has 0 amide bonds. The highest BCUT2D eigenvalue weighted by atomic mass is 32.2. The Kier molecular flexibility index (Phi) is 8.41. The van der Waals surface area contributed by atoms with Crippen molar-refractivity contribution in [1.82, 2.24) is 4.31 Å². The lowest BCUT2D eigenvalue weighted by molar-refractivity contribution is 0.365. The first-order valence-electron chi connectivity index (χ1n) is 5.97.